The molecule has 1 saturated heterocycles. The Morgan fingerprint density at radius 3 is 2.71 bits per heavy atom. The molecule has 3 heterocycles. The first kappa shape index (κ1) is 23.4. The highest BCUT2D eigenvalue weighted by atomic mass is 32.1. The lowest BCUT2D eigenvalue weighted by Crippen LogP contribution is -2.30. The zero-order chi connectivity index (χ0) is 24.5. The number of carbonyl (C=O) groups is 3. The lowest BCUT2D eigenvalue weighted by molar-refractivity contribution is -0.145. The van der Waals surface area contributed by atoms with Gasteiger partial charge in [0, 0.05) is 45.0 Å². The average Bonchev–Trinajstić information content (AvgIpc) is 3.31. The van der Waals surface area contributed by atoms with E-state index in [1.807, 2.05) is 0 Å². The summed E-state index contributed by atoms with van der Waals surface area (Å²) in [5.74, 6) is 0.00261. The van der Waals surface area contributed by atoms with Crippen molar-refractivity contribution in [3.8, 4) is 11.5 Å². The summed E-state index contributed by atoms with van der Waals surface area (Å²) in [7, 11) is 0. The summed E-state index contributed by atoms with van der Waals surface area (Å²) in [6, 6.07) is 7.90. The van der Waals surface area contributed by atoms with E-state index in [1.165, 1.54) is 30.4 Å². The Bertz CT molecular complexity index is 1300. The Kier molecular flexibility index (Phi) is 6.51. The molecule has 1 saturated carbocycles. The molecule has 5 rings (SSSR count). The molecule has 0 radical (unpaired) electrons. The van der Waals surface area contributed by atoms with Crippen LogP contribution in [0.2, 0.25) is 0 Å². The highest BCUT2D eigenvalue weighted by Gasteiger charge is 2.30. The lowest BCUT2D eigenvalue weighted by Gasteiger charge is -2.15. The van der Waals surface area contributed by atoms with Crippen LogP contribution in [0.15, 0.2) is 36.5 Å². The van der Waals surface area contributed by atoms with Crippen LogP contribution in [0.3, 0.4) is 0 Å². The first-order valence-corrected chi connectivity index (χ1v) is 12.5. The smallest absolute Gasteiger partial charge is 0.302 e. The van der Waals surface area contributed by atoms with Gasteiger partial charge in [-0.1, -0.05) is 6.07 Å². The van der Waals surface area contributed by atoms with Crippen LogP contribution in [0.1, 0.15) is 47.8 Å². The maximum absolute atomic E-state index is 14.8. The number of ketones is 1. The van der Waals surface area contributed by atoms with Gasteiger partial charge in [0.05, 0.1) is 21.6 Å². The van der Waals surface area contributed by atoms with Crippen LogP contribution in [0.25, 0.3) is 10.2 Å². The van der Waals surface area contributed by atoms with E-state index in [2.05, 4.69) is 4.98 Å². The van der Waals surface area contributed by atoms with Crippen LogP contribution in [-0.4, -0.2) is 46.7 Å². The van der Waals surface area contributed by atoms with Gasteiger partial charge < -0.3 is 14.4 Å². The predicted molar refractivity (Wildman–Crippen MR) is 128 cm³/mol. The van der Waals surface area contributed by atoms with Crippen LogP contribution < -0.4 is 4.74 Å². The number of esters is 1. The molecule has 182 valence electrons. The van der Waals surface area contributed by atoms with Gasteiger partial charge in [-0.25, -0.2) is 4.39 Å². The van der Waals surface area contributed by atoms with Gasteiger partial charge in [0.15, 0.2) is 11.6 Å². The molecule has 2 fully saturated rings. The number of aromatic nitrogens is 1. The number of carbonyl (C=O) groups excluding carboxylic acids is 3. The molecular weight excluding hydrogens is 471 g/mol. The standard InChI is InChI=1S/C26H25FN2O5S/c1-15(30)33-19-7-9-29(14-19)26(32)24-13-21-25(35-24)23(6-8-28-21)34-22-5-4-17(12-20(22)27)11-18(31)10-16-2-3-16/h4-6,8,12-13,16,19H,2-3,7,9-11,14H2,1H3/t19-/m0/s1. The Hall–Kier alpha value is -3.33. The minimum absolute atomic E-state index is 0.0425. The number of hydrogen-bond donors (Lipinski definition) is 0. The second-order valence-corrected chi connectivity index (χ2v) is 10.2. The molecule has 35 heavy (non-hydrogen) atoms. The van der Waals surface area contributed by atoms with Gasteiger partial charge in [-0.15, -0.1) is 11.3 Å². The van der Waals surface area contributed by atoms with E-state index in [0.29, 0.717) is 58.3 Å². The first-order valence-electron chi connectivity index (χ1n) is 11.7. The topological polar surface area (TPSA) is 85.8 Å². The maximum Gasteiger partial charge on any atom is 0.302 e. The molecule has 0 N–H and O–H groups in total. The fourth-order valence-corrected chi connectivity index (χ4v) is 5.33. The number of nitrogens with zero attached hydrogens (tertiary/aromatic N) is 2. The molecule has 0 spiro atoms. The third kappa shape index (κ3) is 5.51. The van der Waals surface area contributed by atoms with E-state index in [0.717, 1.165) is 12.8 Å². The van der Waals surface area contributed by atoms with Gasteiger partial charge >= 0.3 is 5.97 Å². The molecule has 1 atom stereocenters. The number of pyridine rings is 1. The fourth-order valence-electron chi connectivity index (χ4n) is 4.30. The Morgan fingerprint density at radius 1 is 1.14 bits per heavy atom. The molecule has 1 aliphatic heterocycles. The van der Waals surface area contributed by atoms with E-state index in [-0.39, 0.29) is 35.9 Å². The van der Waals surface area contributed by atoms with Crippen LogP contribution in [0.4, 0.5) is 4.39 Å². The number of likely N-dealkylation sites (tertiary alicyclic amines) is 1. The van der Waals surface area contributed by atoms with Gasteiger partial charge in [0.1, 0.15) is 17.6 Å². The van der Waals surface area contributed by atoms with Gasteiger partial charge in [0.2, 0.25) is 0 Å². The quantitative estimate of drug-likeness (QED) is 0.412. The van der Waals surface area contributed by atoms with Gasteiger partial charge in [-0.2, -0.15) is 0 Å². The second kappa shape index (κ2) is 9.73. The monoisotopic (exact) mass is 496 g/mol. The number of Topliss-reactive ketones (excluding diaryl/α,β-unsaturated/α-hetero) is 1. The van der Waals surface area contributed by atoms with Crippen molar-refractivity contribution >= 4 is 39.2 Å². The molecule has 3 aromatic rings. The van der Waals surface area contributed by atoms with Crippen molar-refractivity contribution in [2.24, 2.45) is 5.92 Å². The van der Waals surface area contributed by atoms with Crippen molar-refractivity contribution < 1.29 is 28.2 Å². The van der Waals surface area contributed by atoms with E-state index < -0.39 is 5.82 Å². The molecular formula is C26H25FN2O5S. The number of thiophene rings is 1. The molecule has 0 unspecified atom stereocenters. The zero-order valence-corrected chi connectivity index (χ0v) is 20.1. The van der Waals surface area contributed by atoms with Crippen molar-refractivity contribution in [2.75, 3.05) is 13.1 Å². The molecule has 1 amide bonds. The fraction of sp³-hybridized carbons (Fsp3) is 0.385. The van der Waals surface area contributed by atoms with Crippen LogP contribution in [-0.2, 0) is 20.7 Å². The Morgan fingerprint density at radius 2 is 1.97 bits per heavy atom. The SMILES string of the molecule is CC(=O)O[C@H]1CCN(C(=O)c2cc3nccc(Oc4ccc(CC(=O)CC5CC5)cc4F)c3s2)C1. The summed E-state index contributed by atoms with van der Waals surface area (Å²) < 4.78 is 26.5. The van der Waals surface area contributed by atoms with Crippen molar-refractivity contribution in [3.05, 3.63) is 52.8 Å². The van der Waals surface area contributed by atoms with Crippen molar-refractivity contribution in [1.82, 2.24) is 9.88 Å². The predicted octanol–water partition coefficient (Wildman–Crippen LogP) is 4.92. The number of fused-ring (bicyclic) bond motifs is 1. The molecule has 1 aromatic carbocycles. The Balaban J connectivity index is 1.30. The zero-order valence-electron chi connectivity index (χ0n) is 19.3. The van der Waals surface area contributed by atoms with E-state index in [1.54, 1.807) is 29.3 Å². The summed E-state index contributed by atoms with van der Waals surface area (Å²) >= 11 is 1.23. The third-order valence-electron chi connectivity index (χ3n) is 6.18. The van der Waals surface area contributed by atoms with Gasteiger partial charge in [0.25, 0.3) is 5.91 Å². The number of ether oxygens (including phenoxy) is 2. The molecule has 9 heteroatoms. The Labute approximate surface area is 205 Å². The van der Waals surface area contributed by atoms with Crippen LogP contribution in [0.5, 0.6) is 11.5 Å². The summed E-state index contributed by atoms with van der Waals surface area (Å²) in [4.78, 5) is 42.8. The maximum atomic E-state index is 14.8. The number of amides is 1. The lowest BCUT2D eigenvalue weighted by atomic mass is 10.0. The third-order valence-corrected chi connectivity index (χ3v) is 7.31. The van der Waals surface area contributed by atoms with Gasteiger partial charge in [-0.05, 0) is 42.5 Å². The van der Waals surface area contributed by atoms with Crippen molar-refractivity contribution in [2.45, 2.75) is 45.1 Å². The molecule has 2 aromatic heterocycles. The normalized spacial score (nSPS) is 17.5. The average molecular weight is 497 g/mol. The van der Waals surface area contributed by atoms with Gasteiger partial charge in [-0.3, -0.25) is 19.4 Å². The summed E-state index contributed by atoms with van der Waals surface area (Å²) in [6.45, 7) is 2.21. The second-order valence-electron chi connectivity index (χ2n) is 9.14. The molecule has 0 bridgehead atoms. The number of benzene rings is 1. The molecule has 1 aliphatic carbocycles. The summed E-state index contributed by atoms with van der Waals surface area (Å²) in [5.41, 5.74) is 1.20. The number of halogens is 1. The molecule has 2 aliphatic rings. The number of hydrogen-bond acceptors (Lipinski definition) is 7. The van der Waals surface area contributed by atoms with E-state index in [4.69, 9.17) is 9.47 Å². The van der Waals surface area contributed by atoms with Crippen LogP contribution >= 0.6 is 11.3 Å². The largest absolute Gasteiger partial charge is 0.461 e. The highest BCUT2D eigenvalue weighted by Crippen LogP contribution is 2.37. The minimum Gasteiger partial charge on any atom is -0.461 e. The van der Waals surface area contributed by atoms with Crippen LogP contribution in [0, 0.1) is 11.7 Å². The molecule has 7 nitrogen and oxygen atoms in total. The summed E-state index contributed by atoms with van der Waals surface area (Å²) in [5, 5.41) is 0. The first-order chi connectivity index (χ1) is 16.9. The van der Waals surface area contributed by atoms with Crippen molar-refractivity contribution in [1.29, 1.82) is 0 Å². The van der Waals surface area contributed by atoms with E-state index >= 15 is 0 Å². The van der Waals surface area contributed by atoms with Crippen molar-refractivity contribution in [3.63, 3.8) is 0 Å². The highest BCUT2D eigenvalue weighted by molar-refractivity contribution is 7.21. The number of rotatable bonds is 8. The van der Waals surface area contributed by atoms with E-state index in [9.17, 15) is 18.8 Å². The minimum atomic E-state index is -0.548. The summed E-state index contributed by atoms with van der Waals surface area (Å²) in [6.07, 6.45) is 4.86.